The first-order valence-corrected chi connectivity index (χ1v) is 14.0. The topological polar surface area (TPSA) is 160 Å². The van der Waals surface area contributed by atoms with E-state index in [9.17, 15) is 33.3 Å². The predicted octanol–water partition coefficient (Wildman–Crippen LogP) is 5.24. The van der Waals surface area contributed by atoms with E-state index in [0.717, 1.165) is 0 Å². The molecular weight excluding hydrogens is 534 g/mol. The first-order chi connectivity index (χ1) is 18.4. The Hall–Kier alpha value is -3.47. The van der Waals surface area contributed by atoms with Gasteiger partial charge < -0.3 is 30.1 Å². The molecule has 0 spiro atoms. The van der Waals surface area contributed by atoms with Gasteiger partial charge in [0, 0.05) is 13.0 Å². The molecule has 4 atom stereocenters. The summed E-state index contributed by atoms with van der Waals surface area (Å²) in [6.45, 7) is 4.64. The van der Waals surface area contributed by atoms with Crippen molar-refractivity contribution in [2.24, 2.45) is 5.92 Å². The van der Waals surface area contributed by atoms with Gasteiger partial charge in [0.2, 0.25) is 6.36 Å². The fraction of sp³-hybridized carbons (Fsp3) is 0.423. The molecule has 13 heteroatoms. The molecule has 2 aromatic carbocycles. The number of alkyl halides is 1. The Labute approximate surface area is 226 Å². The first kappa shape index (κ1) is 31.7. The van der Waals surface area contributed by atoms with Crippen LogP contribution in [0.2, 0.25) is 0 Å². The minimum atomic E-state index is -4.78. The molecule has 0 aliphatic heterocycles. The number of alkyl carbamates (subject to hydrolysis) is 2. The largest absolute Gasteiger partial charge is 0.479 e. The molecular formula is C26H34FN2O9P. The Kier molecular flexibility index (Phi) is 12.4. The van der Waals surface area contributed by atoms with Crippen LogP contribution in [0.15, 0.2) is 54.6 Å². The van der Waals surface area contributed by atoms with E-state index in [0.29, 0.717) is 17.5 Å². The fourth-order valence-electron chi connectivity index (χ4n) is 3.46. The molecule has 11 nitrogen and oxygen atoms in total. The van der Waals surface area contributed by atoms with Gasteiger partial charge in [-0.3, -0.25) is 9.09 Å². The number of hydrogen-bond donors (Lipinski definition) is 4. The number of rotatable bonds is 14. The summed E-state index contributed by atoms with van der Waals surface area (Å²) in [6, 6.07) is 14.5. The van der Waals surface area contributed by atoms with Gasteiger partial charge in [0.15, 0.2) is 6.10 Å². The number of carboxylic acids is 1. The first-order valence-electron chi connectivity index (χ1n) is 12.3. The summed E-state index contributed by atoms with van der Waals surface area (Å²) in [4.78, 5) is 46.8. The number of carbonyl (C=O) groups excluding carboxylic acids is 2. The lowest BCUT2D eigenvalue weighted by Gasteiger charge is -2.28. The summed E-state index contributed by atoms with van der Waals surface area (Å²) >= 11 is 0. The van der Waals surface area contributed by atoms with Crippen molar-refractivity contribution in [3.8, 4) is 0 Å². The molecule has 0 heterocycles. The zero-order valence-electron chi connectivity index (χ0n) is 21.9. The number of ether oxygens (including phenoxy) is 2. The molecule has 214 valence electrons. The summed E-state index contributed by atoms with van der Waals surface area (Å²) in [6.07, 6.45) is -5.05. The molecule has 4 N–H and O–H groups in total. The van der Waals surface area contributed by atoms with Gasteiger partial charge in [0.05, 0.1) is 0 Å². The second-order valence-electron chi connectivity index (χ2n) is 8.99. The van der Waals surface area contributed by atoms with Crippen molar-refractivity contribution in [2.75, 3.05) is 0 Å². The van der Waals surface area contributed by atoms with Crippen LogP contribution in [0.3, 0.4) is 0 Å². The molecule has 2 aromatic rings. The number of halogens is 1. The van der Waals surface area contributed by atoms with Crippen molar-refractivity contribution in [3.05, 3.63) is 71.3 Å². The second-order valence-corrected chi connectivity index (χ2v) is 10.9. The zero-order valence-corrected chi connectivity index (χ0v) is 22.8. The maximum absolute atomic E-state index is 13.5. The number of aliphatic carboxylic acids is 1. The third-order valence-electron chi connectivity index (χ3n) is 5.38. The Morgan fingerprint density at radius 3 is 2.31 bits per heavy atom. The minimum Gasteiger partial charge on any atom is -0.479 e. The normalized spacial score (nSPS) is 14.9. The van der Waals surface area contributed by atoms with E-state index in [1.165, 1.54) is 18.2 Å². The Morgan fingerprint density at radius 2 is 1.69 bits per heavy atom. The van der Waals surface area contributed by atoms with Crippen molar-refractivity contribution >= 4 is 25.8 Å². The van der Waals surface area contributed by atoms with E-state index < -0.39 is 49.9 Å². The highest BCUT2D eigenvalue weighted by molar-refractivity contribution is 7.53. The number of benzene rings is 2. The zero-order chi connectivity index (χ0) is 29.0. The van der Waals surface area contributed by atoms with Gasteiger partial charge in [-0.1, -0.05) is 75.4 Å². The monoisotopic (exact) mass is 568 g/mol. The van der Waals surface area contributed by atoms with Crippen LogP contribution in [0.5, 0.6) is 0 Å². The average Bonchev–Trinajstić information content (AvgIpc) is 2.88. The summed E-state index contributed by atoms with van der Waals surface area (Å²) in [5.74, 6) is -3.66. The van der Waals surface area contributed by atoms with Crippen molar-refractivity contribution in [1.29, 1.82) is 0 Å². The lowest BCUT2D eigenvalue weighted by atomic mass is 10.1. The van der Waals surface area contributed by atoms with E-state index in [-0.39, 0.29) is 25.1 Å². The molecule has 0 saturated heterocycles. The van der Waals surface area contributed by atoms with Crippen LogP contribution < -0.4 is 10.6 Å². The van der Waals surface area contributed by atoms with E-state index in [1.807, 2.05) is 0 Å². The Balaban J connectivity index is 2.09. The molecule has 39 heavy (non-hydrogen) atoms. The summed E-state index contributed by atoms with van der Waals surface area (Å²) in [7, 11) is -4.78. The van der Waals surface area contributed by atoms with Crippen molar-refractivity contribution in [2.45, 2.75) is 65.0 Å². The van der Waals surface area contributed by atoms with Crippen molar-refractivity contribution in [3.63, 3.8) is 0 Å². The third kappa shape index (κ3) is 10.7. The fourth-order valence-corrected chi connectivity index (χ4v) is 5.13. The third-order valence-corrected chi connectivity index (χ3v) is 7.32. The van der Waals surface area contributed by atoms with Gasteiger partial charge in [-0.25, -0.2) is 18.8 Å². The highest BCUT2D eigenvalue weighted by atomic mass is 31.2. The Bertz CT molecular complexity index is 1150. The summed E-state index contributed by atoms with van der Waals surface area (Å²) in [5, 5.41) is 14.4. The van der Waals surface area contributed by atoms with Gasteiger partial charge in [-0.2, -0.15) is 0 Å². The molecule has 0 aliphatic carbocycles. The number of amides is 2. The standard InChI is InChI=1S/C26H34FN2O9P/c1-4-9-21(27)37-25(32)28-15-19-12-8-13-20(14-19)22(24(30)31)38-39(34,35)23(17(2)3)29-26(33)36-16-18-10-6-5-7-11-18/h5-8,10-14,17,21-23H,4,9,15-16H2,1-3H3,(H,28,32)(H,29,33)(H,30,31)(H,34,35). The van der Waals surface area contributed by atoms with Gasteiger partial charge in [0.1, 0.15) is 12.4 Å². The number of nitrogens with one attached hydrogen (secondary N) is 2. The molecule has 4 unspecified atom stereocenters. The van der Waals surface area contributed by atoms with Crippen LogP contribution in [0.25, 0.3) is 0 Å². The number of carboxylic acid groups (broad SMARTS) is 1. The molecule has 0 fully saturated rings. The summed E-state index contributed by atoms with van der Waals surface area (Å²) in [5.41, 5.74) is 1.12. The van der Waals surface area contributed by atoms with E-state index in [4.69, 9.17) is 9.26 Å². The molecule has 0 aromatic heterocycles. The quantitative estimate of drug-likeness (QED) is 0.223. The van der Waals surface area contributed by atoms with Crippen molar-refractivity contribution < 1.29 is 47.3 Å². The average molecular weight is 569 g/mol. The molecule has 0 aliphatic rings. The second kappa shape index (κ2) is 15.2. The Morgan fingerprint density at radius 1 is 1.03 bits per heavy atom. The van der Waals surface area contributed by atoms with Crippen LogP contribution in [0.1, 0.15) is 56.4 Å². The predicted molar refractivity (Wildman–Crippen MR) is 139 cm³/mol. The lowest BCUT2D eigenvalue weighted by Crippen LogP contribution is -2.39. The maximum atomic E-state index is 13.5. The molecule has 2 rings (SSSR count). The lowest BCUT2D eigenvalue weighted by molar-refractivity contribution is -0.145. The van der Waals surface area contributed by atoms with Crippen LogP contribution in [-0.2, 0) is 36.5 Å². The molecule has 0 bridgehead atoms. The molecule has 2 amide bonds. The van der Waals surface area contributed by atoms with E-state index >= 15 is 0 Å². The molecule has 0 saturated carbocycles. The molecule has 0 radical (unpaired) electrons. The SMILES string of the molecule is CCCC(F)OC(=O)NCc1cccc(C(OP(=O)(O)C(NC(=O)OCc2ccccc2)C(C)C)C(=O)O)c1. The van der Waals surface area contributed by atoms with Crippen LogP contribution in [0, 0.1) is 5.92 Å². The highest BCUT2D eigenvalue weighted by Gasteiger charge is 2.41. The van der Waals surface area contributed by atoms with Crippen LogP contribution >= 0.6 is 7.60 Å². The van der Waals surface area contributed by atoms with Crippen LogP contribution in [0.4, 0.5) is 14.0 Å². The summed E-state index contributed by atoms with van der Waals surface area (Å²) < 4.78 is 41.6. The smallest absolute Gasteiger partial charge is 0.409 e. The van der Waals surface area contributed by atoms with Crippen LogP contribution in [-0.4, -0.2) is 40.3 Å². The number of carbonyl (C=O) groups is 3. The van der Waals surface area contributed by atoms with E-state index in [1.54, 1.807) is 57.2 Å². The van der Waals surface area contributed by atoms with Gasteiger partial charge in [-0.05, 0) is 29.0 Å². The van der Waals surface area contributed by atoms with E-state index in [2.05, 4.69) is 15.4 Å². The number of hydrogen-bond acceptors (Lipinski definition) is 7. The van der Waals surface area contributed by atoms with Crippen molar-refractivity contribution in [1.82, 2.24) is 10.6 Å². The van der Waals surface area contributed by atoms with Gasteiger partial charge >= 0.3 is 25.8 Å². The van der Waals surface area contributed by atoms with Gasteiger partial charge in [-0.15, -0.1) is 0 Å². The minimum absolute atomic E-state index is 0.00736. The highest BCUT2D eigenvalue weighted by Crippen LogP contribution is 2.52. The van der Waals surface area contributed by atoms with Gasteiger partial charge in [0.25, 0.3) is 0 Å². The maximum Gasteiger partial charge on any atom is 0.409 e.